The third-order valence-electron chi connectivity index (χ3n) is 5.62. The first-order chi connectivity index (χ1) is 15.9. The fourth-order valence-corrected chi connectivity index (χ4v) is 3.93. The number of H-pyrrole nitrogens is 1. The van der Waals surface area contributed by atoms with Crippen LogP contribution in [0.1, 0.15) is 35.8 Å². The molecule has 164 valence electrons. The fourth-order valence-electron chi connectivity index (χ4n) is 3.93. The number of nitrogens with one attached hydrogen (secondary N) is 2. The van der Waals surface area contributed by atoms with Crippen LogP contribution in [0.3, 0.4) is 0 Å². The Labute approximate surface area is 189 Å². The first-order valence-corrected chi connectivity index (χ1v) is 10.7. The van der Waals surface area contributed by atoms with Crippen molar-refractivity contribution < 1.29 is 4.79 Å². The molecule has 0 spiro atoms. The highest BCUT2D eigenvalue weighted by molar-refractivity contribution is 6.13. The number of aromatic amines is 1. The molecule has 2 aromatic carbocycles. The minimum Gasteiger partial charge on any atom is -0.322 e. The fraction of sp³-hybridized carbons (Fsp3) is 0.160. The third kappa shape index (κ3) is 3.65. The molecule has 2 N–H and O–H groups in total. The van der Waals surface area contributed by atoms with Crippen LogP contribution in [-0.2, 0) is 0 Å². The summed E-state index contributed by atoms with van der Waals surface area (Å²) in [5, 5.41) is 8.46. The largest absolute Gasteiger partial charge is 0.322 e. The molecule has 0 atom stereocenters. The molecule has 8 nitrogen and oxygen atoms in total. The van der Waals surface area contributed by atoms with E-state index in [-0.39, 0.29) is 17.5 Å². The van der Waals surface area contributed by atoms with Gasteiger partial charge in [0.15, 0.2) is 5.65 Å². The molecular weight excluding hydrogens is 416 g/mol. The van der Waals surface area contributed by atoms with Crippen molar-refractivity contribution in [1.82, 2.24) is 24.7 Å². The number of hydrogen-bond acceptors (Lipinski definition) is 5. The second kappa shape index (κ2) is 7.98. The molecule has 0 unspecified atom stereocenters. The van der Waals surface area contributed by atoms with Crippen LogP contribution in [0.25, 0.3) is 33.2 Å². The SMILES string of the molecule is Cc1ccccc1-c1cc(C(=O)Nc2ccc3nc[nH]c(=O)c3c2)c2cnn(C(C)C)c2n1. The summed E-state index contributed by atoms with van der Waals surface area (Å²) in [7, 11) is 0. The summed E-state index contributed by atoms with van der Waals surface area (Å²) in [5.41, 5.74) is 4.63. The predicted octanol–water partition coefficient (Wildman–Crippen LogP) is 4.48. The number of pyridine rings is 1. The van der Waals surface area contributed by atoms with E-state index in [9.17, 15) is 9.59 Å². The Morgan fingerprint density at radius 1 is 1.09 bits per heavy atom. The van der Waals surface area contributed by atoms with Crippen molar-refractivity contribution in [2.24, 2.45) is 0 Å². The Bertz CT molecular complexity index is 1580. The van der Waals surface area contributed by atoms with Gasteiger partial charge in [0.25, 0.3) is 11.5 Å². The van der Waals surface area contributed by atoms with Crippen LogP contribution in [0.4, 0.5) is 5.69 Å². The van der Waals surface area contributed by atoms with E-state index in [1.54, 1.807) is 30.5 Å². The zero-order valence-electron chi connectivity index (χ0n) is 18.5. The predicted molar refractivity (Wildman–Crippen MR) is 128 cm³/mol. The summed E-state index contributed by atoms with van der Waals surface area (Å²) in [6.07, 6.45) is 3.03. The van der Waals surface area contributed by atoms with E-state index in [0.717, 1.165) is 11.1 Å². The van der Waals surface area contributed by atoms with Crippen LogP contribution in [0.15, 0.2) is 65.8 Å². The summed E-state index contributed by atoms with van der Waals surface area (Å²) < 4.78 is 1.81. The van der Waals surface area contributed by atoms with E-state index in [0.29, 0.717) is 38.9 Å². The van der Waals surface area contributed by atoms with Crippen molar-refractivity contribution >= 4 is 33.5 Å². The third-order valence-corrected chi connectivity index (χ3v) is 5.62. The molecule has 5 aromatic rings. The van der Waals surface area contributed by atoms with Gasteiger partial charge in [-0.2, -0.15) is 5.10 Å². The molecular formula is C25H22N6O2. The molecule has 3 heterocycles. The van der Waals surface area contributed by atoms with Gasteiger partial charge in [0.05, 0.1) is 40.1 Å². The van der Waals surface area contributed by atoms with E-state index in [1.807, 2.05) is 49.7 Å². The van der Waals surface area contributed by atoms with Crippen LogP contribution >= 0.6 is 0 Å². The van der Waals surface area contributed by atoms with Gasteiger partial charge in [-0.3, -0.25) is 9.59 Å². The maximum Gasteiger partial charge on any atom is 0.258 e. The van der Waals surface area contributed by atoms with Gasteiger partial charge >= 0.3 is 0 Å². The summed E-state index contributed by atoms with van der Waals surface area (Å²) in [5.74, 6) is -0.305. The molecule has 0 aliphatic heterocycles. The number of aromatic nitrogens is 5. The quantitative estimate of drug-likeness (QED) is 0.430. The molecule has 33 heavy (non-hydrogen) atoms. The van der Waals surface area contributed by atoms with Gasteiger partial charge in [-0.25, -0.2) is 14.6 Å². The van der Waals surface area contributed by atoms with Crippen molar-refractivity contribution in [3.05, 3.63) is 82.5 Å². The highest BCUT2D eigenvalue weighted by atomic mass is 16.1. The number of benzene rings is 2. The molecule has 0 saturated heterocycles. The van der Waals surface area contributed by atoms with Gasteiger partial charge in [0.2, 0.25) is 0 Å². The Morgan fingerprint density at radius 2 is 1.91 bits per heavy atom. The molecule has 8 heteroatoms. The molecule has 1 amide bonds. The number of carbonyl (C=O) groups is 1. The smallest absolute Gasteiger partial charge is 0.258 e. The van der Waals surface area contributed by atoms with Gasteiger partial charge in [0.1, 0.15) is 0 Å². The lowest BCUT2D eigenvalue weighted by Gasteiger charge is -2.12. The lowest BCUT2D eigenvalue weighted by Crippen LogP contribution is -2.14. The van der Waals surface area contributed by atoms with Gasteiger partial charge in [0, 0.05) is 17.3 Å². The second-order valence-corrected chi connectivity index (χ2v) is 8.21. The average Bonchev–Trinajstić information content (AvgIpc) is 3.23. The lowest BCUT2D eigenvalue weighted by atomic mass is 10.0. The monoisotopic (exact) mass is 438 g/mol. The second-order valence-electron chi connectivity index (χ2n) is 8.21. The molecule has 0 bridgehead atoms. The van der Waals surface area contributed by atoms with Crippen molar-refractivity contribution in [1.29, 1.82) is 0 Å². The Balaban J connectivity index is 1.63. The first-order valence-electron chi connectivity index (χ1n) is 10.7. The highest BCUT2D eigenvalue weighted by Crippen LogP contribution is 2.29. The maximum atomic E-state index is 13.4. The molecule has 0 saturated carbocycles. The number of aryl methyl sites for hydroxylation is 1. The number of hydrogen-bond donors (Lipinski definition) is 2. The zero-order chi connectivity index (χ0) is 23.1. The van der Waals surface area contributed by atoms with Crippen LogP contribution in [0.2, 0.25) is 0 Å². The number of nitrogens with zero attached hydrogens (tertiary/aromatic N) is 4. The average molecular weight is 438 g/mol. The van der Waals surface area contributed by atoms with Crippen LogP contribution in [-0.4, -0.2) is 30.6 Å². The van der Waals surface area contributed by atoms with E-state index in [2.05, 4.69) is 20.4 Å². The topological polar surface area (TPSA) is 106 Å². The minimum absolute atomic E-state index is 0.0812. The van der Waals surface area contributed by atoms with E-state index in [4.69, 9.17) is 4.98 Å². The molecule has 0 aliphatic rings. The van der Waals surface area contributed by atoms with Gasteiger partial charge in [-0.1, -0.05) is 24.3 Å². The normalized spacial score (nSPS) is 11.4. The Morgan fingerprint density at radius 3 is 2.70 bits per heavy atom. The standard InChI is InChI=1S/C25H22N6O2/c1-14(2)31-23-20(12-28-31)18(11-22(30-23)17-7-5-4-6-15(17)3)25(33)29-16-8-9-21-19(10-16)24(32)27-13-26-21/h4-14H,1-3H3,(H,29,33)(H,26,27,32). The summed E-state index contributed by atoms with van der Waals surface area (Å²) >= 11 is 0. The highest BCUT2D eigenvalue weighted by Gasteiger charge is 2.19. The number of amides is 1. The van der Waals surface area contributed by atoms with Crippen molar-refractivity contribution in [2.45, 2.75) is 26.8 Å². The van der Waals surface area contributed by atoms with E-state index < -0.39 is 0 Å². The maximum absolute atomic E-state index is 13.4. The van der Waals surface area contributed by atoms with Crippen LogP contribution in [0.5, 0.6) is 0 Å². The lowest BCUT2D eigenvalue weighted by molar-refractivity contribution is 0.102. The van der Waals surface area contributed by atoms with E-state index >= 15 is 0 Å². The molecule has 0 radical (unpaired) electrons. The molecule has 5 rings (SSSR count). The number of fused-ring (bicyclic) bond motifs is 2. The van der Waals surface area contributed by atoms with Crippen molar-refractivity contribution in [3.63, 3.8) is 0 Å². The summed E-state index contributed by atoms with van der Waals surface area (Å²) in [6, 6.07) is 14.9. The zero-order valence-corrected chi connectivity index (χ0v) is 18.5. The summed E-state index contributed by atoms with van der Waals surface area (Å²) in [6.45, 7) is 6.06. The molecule has 0 fully saturated rings. The van der Waals surface area contributed by atoms with Crippen molar-refractivity contribution in [3.8, 4) is 11.3 Å². The number of anilines is 1. The molecule has 0 aliphatic carbocycles. The Hall–Kier alpha value is -4.33. The Kier molecular flexibility index (Phi) is 4.97. The molecule has 3 aromatic heterocycles. The number of carbonyl (C=O) groups excluding carboxylic acids is 1. The number of rotatable bonds is 4. The van der Waals surface area contributed by atoms with Gasteiger partial charge in [-0.05, 0) is 50.6 Å². The first kappa shape index (κ1) is 20.6. The van der Waals surface area contributed by atoms with Crippen molar-refractivity contribution in [2.75, 3.05) is 5.32 Å². The van der Waals surface area contributed by atoms with E-state index in [1.165, 1.54) is 6.33 Å². The van der Waals surface area contributed by atoms with Crippen LogP contribution in [0, 0.1) is 6.92 Å². The summed E-state index contributed by atoms with van der Waals surface area (Å²) in [4.78, 5) is 37.1. The van der Waals surface area contributed by atoms with Crippen LogP contribution < -0.4 is 10.9 Å². The minimum atomic E-state index is -0.305. The van der Waals surface area contributed by atoms with Gasteiger partial charge < -0.3 is 10.3 Å². The van der Waals surface area contributed by atoms with Gasteiger partial charge in [-0.15, -0.1) is 0 Å².